The van der Waals surface area contributed by atoms with Gasteiger partial charge in [0.25, 0.3) is 5.91 Å². The lowest BCUT2D eigenvalue weighted by Crippen LogP contribution is -2.36. The van der Waals surface area contributed by atoms with Gasteiger partial charge in [-0.05, 0) is 55.5 Å². The number of hydrogen-bond acceptors (Lipinski definition) is 4. The zero-order valence-electron chi connectivity index (χ0n) is 13.9. The Balaban J connectivity index is 1.55. The molecule has 1 aromatic heterocycles. The van der Waals surface area contributed by atoms with E-state index in [-0.39, 0.29) is 18.1 Å². The number of aliphatic hydroxyl groups is 1. The molecule has 128 valence electrons. The molecule has 1 unspecified atom stereocenters. The van der Waals surface area contributed by atoms with E-state index in [0.717, 1.165) is 38.0 Å². The van der Waals surface area contributed by atoms with Gasteiger partial charge in [0.05, 0.1) is 6.10 Å². The first-order valence-corrected chi connectivity index (χ1v) is 9.36. The minimum absolute atomic E-state index is 0.0281. The van der Waals surface area contributed by atoms with Gasteiger partial charge in [-0.2, -0.15) is 0 Å². The SMILES string of the molecule is CC(Cc1cccs1)NC(=O)c1ccc(N2CCC(O)CC2)cc1. The molecule has 0 aliphatic carbocycles. The summed E-state index contributed by atoms with van der Waals surface area (Å²) in [7, 11) is 0. The van der Waals surface area contributed by atoms with Gasteiger partial charge in [0.1, 0.15) is 0 Å². The third-order valence-electron chi connectivity index (χ3n) is 4.42. The normalized spacial score (nSPS) is 16.8. The molecule has 1 atom stereocenters. The van der Waals surface area contributed by atoms with Crippen molar-refractivity contribution in [3.05, 3.63) is 52.2 Å². The van der Waals surface area contributed by atoms with Gasteiger partial charge in [-0.15, -0.1) is 11.3 Å². The van der Waals surface area contributed by atoms with E-state index in [2.05, 4.69) is 21.7 Å². The molecule has 1 amide bonds. The highest BCUT2D eigenvalue weighted by Crippen LogP contribution is 2.20. The van der Waals surface area contributed by atoms with Crippen molar-refractivity contribution in [1.29, 1.82) is 0 Å². The van der Waals surface area contributed by atoms with Crippen LogP contribution in [0.15, 0.2) is 41.8 Å². The highest BCUT2D eigenvalue weighted by Gasteiger charge is 2.17. The van der Waals surface area contributed by atoms with Crippen LogP contribution in [0.3, 0.4) is 0 Å². The molecule has 3 rings (SSSR count). The molecule has 2 N–H and O–H groups in total. The molecule has 0 saturated carbocycles. The van der Waals surface area contributed by atoms with Crippen LogP contribution in [0.1, 0.15) is 35.0 Å². The Labute approximate surface area is 147 Å². The number of piperidine rings is 1. The minimum Gasteiger partial charge on any atom is -0.393 e. The van der Waals surface area contributed by atoms with Crippen molar-refractivity contribution in [2.24, 2.45) is 0 Å². The molecule has 5 heteroatoms. The lowest BCUT2D eigenvalue weighted by atomic mass is 10.1. The fraction of sp³-hybridized carbons (Fsp3) is 0.421. The second-order valence-electron chi connectivity index (χ2n) is 6.42. The molecular weight excluding hydrogens is 320 g/mol. The first-order chi connectivity index (χ1) is 11.6. The quantitative estimate of drug-likeness (QED) is 0.876. The Bertz CT molecular complexity index is 647. The van der Waals surface area contributed by atoms with E-state index in [4.69, 9.17) is 0 Å². The standard InChI is InChI=1S/C19H24N2O2S/c1-14(13-18-3-2-12-24-18)20-19(23)15-4-6-16(7-5-15)21-10-8-17(22)9-11-21/h2-7,12,14,17,22H,8-11,13H2,1H3,(H,20,23). The molecule has 0 bridgehead atoms. The average molecular weight is 344 g/mol. The third kappa shape index (κ3) is 4.36. The topological polar surface area (TPSA) is 52.6 Å². The monoisotopic (exact) mass is 344 g/mol. The Morgan fingerprint density at radius 2 is 2.00 bits per heavy atom. The van der Waals surface area contributed by atoms with Gasteiger partial charge in [0, 0.05) is 41.7 Å². The average Bonchev–Trinajstić information content (AvgIpc) is 3.08. The summed E-state index contributed by atoms with van der Waals surface area (Å²) in [6, 6.07) is 12.0. The van der Waals surface area contributed by atoms with Crippen LogP contribution in [0, 0.1) is 0 Å². The van der Waals surface area contributed by atoms with Gasteiger partial charge >= 0.3 is 0 Å². The fourth-order valence-corrected chi connectivity index (χ4v) is 3.87. The van der Waals surface area contributed by atoms with E-state index in [1.165, 1.54) is 4.88 Å². The van der Waals surface area contributed by atoms with Crippen LogP contribution in [0.2, 0.25) is 0 Å². The predicted octanol–water partition coefficient (Wildman–Crippen LogP) is 3.07. The summed E-state index contributed by atoms with van der Waals surface area (Å²) in [5.74, 6) is -0.0281. The maximum absolute atomic E-state index is 12.4. The number of carbonyl (C=O) groups is 1. The maximum atomic E-state index is 12.4. The zero-order valence-corrected chi connectivity index (χ0v) is 14.8. The van der Waals surface area contributed by atoms with Crippen LogP contribution < -0.4 is 10.2 Å². The van der Waals surface area contributed by atoms with E-state index < -0.39 is 0 Å². The molecule has 2 heterocycles. The highest BCUT2D eigenvalue weighted by atomic mass is 32.1. The first kappa shape index (κ1) is 17.0. The molecule has 1 fully saturated rings. The largest absolute Gasteiger partial charge is 0.393 e. The van der Waals surface area contributed by atoms with Crippen molar-refractivity contribution in [3.8, 4) is 0 Å². The molecular formula is C19H24N2O2S. The number of thiophene rings is 1. The van der Waals surface area contributed by atoms with Gasteiger partial charge in [-0.25, -0.2) is 0 Å². The summed E-state index contributed by atoms with van der Waals surface area (Å²) >= 11 is 1.72. The van der Waals surface area contributed by atoms with E-state index in [0.29, 0.717) is 5.56 Å². The van der Waals surface area contributed by atoms with Gasteiger partial charge in [0.15, 0.2) is 0 Å². The summed E-state index contributed by atoms with van der Waals surface area (Å²) in [4.78, 5) is 15.9. The number of nitrogens with zero attached hydrogens (tertiary/aromatic N) is 1. The molecule has 0 radical (unpaired) electrons. The van der Waals surface area contributed by atoms with E-state index in [9.17, 15) is 9.90 Å². The number of amides is 1. The lowest BCUT2D eigenvalue weighted by molar-refractivity contribution is 0.0940. The number of benzene rings is 1. The maximum Gasteiger partial charge on any atom is 0.251 e. The first-order valence-electron chi connectivity index (χ1n) is 8.48. The zero-order chi connectivity index (χ0) is 16.9. The van der Waals surface area contributed by atoms with E-state index >= 15 is 0 Å². The van der Waals surface area contributed by atoms with Crippen molar-refractivity contribution >= 4 is 22.9 Å². The molecule has 0 spiro atoms. The number of anilines is 1. The Hall–Kier alpha value is -1.85. The smallest absolute Gasteiger partial charge is 0.251 e. The number of nitrogens with one attached hydrogen (secondary N) is 1. The molecule has 1 saturated heterocycles. The molecule has 1 aromatic carbocycles. The second-order valence-corrected chi connectivity index (χ2v) is 7.46. The van der Waals surface area contributed by atoms with Crippen LogP contribution in [0.4, 0.5) is 5.69 Å². The Morgan fingerprint density at radius 3 is 2.62 bits per heavy atom. The number of carbonyl (C=O) groups excluding carboxylic acids is 1. The third-order valence-corrected chi connectivity index (χ3v) is 5.32. The van der Waals surface area contributed by atoms with Gasteiger partial charge < -0.3 is 15.3 Å². The molecule has 1 aliphatic heterocycles. The Kier molecular flexibility index (Phi) is 5.53. The highest BCUT2D eigenvalue weighted by molar-refractivity contribution is 7.09. The van der Waals surface area contributed by atoms with Crippen LogP contribution in [0.25, 0.3) is 0 Å². The number of hydrogen-bond donors (Lipinski definition) is 2. The van der Waals surface area contributed by atoms with Crippen LogP contribution >= 0.6 is 11.3 Å². The van der Waals surface area contributed by atoms with Crippen LogP contribution in [-0.2, 0) is 6.42 Å². The predicted molar refractivity (Wildman–Crippen MR) is 98.8 cm³/mol. The molecule has 24 heavy (non-hydrogen) atoms. The summed E-state index contributed by atoms with van der Waals surface area (Å²) in [6.45, 7) is 3.76. The Morgan fingerprint density at radius 1 is 1.29 bits per heavy atom. The summed E-state index contributed by atoms with van der Waals surface area (Å²) < 4.78 is 0. The summed E-state index contributed by atoms with van der Waals surface area (Å²) in [5, 5.41) is 14.7. The molecule has 2 aromatic rings. The van der Waals surface area contributed by atoms with Gasteiger partial charge in [-0.1, -0.05) is 6.07 Å². The molecule has 1 aliphatic rings. The van der Waals surface area contributed by atoms with Crippen LogP contribution in [0.5, 0.6) is 0 Å². The lowest BCUT2D eigenvalue weighted by Gasteiger charge is -2.31. The molecule has 4 nitrogen and oxygen atoms in total. The summed E-state index contributed by atoms with van der Waals surface area (Å²) in [6.07, 6.45) is 2.30. The second kappa shape index (κ2) is 7.81. The van der Waals surface area contributed by atoms with E-state index in [1.54, 1.807) is 11.3 Å². The number of rotatable bonds is 5. The van der Waals surface area contributed by atoms with E-state index in [1.807, 2.05) is 37.3 Å². The van der Waals surface area contributed by atoms with Crippen molar-refractivity contribution in [3.63, 3.8) is 0 Å². The van der Waals surface area contributed by atoms with Crippen molar-refractivity contribution in [2.45, 2.75) is 38.3 Å². The summed E-state index contributed by atoms with van der Waals surface area (Å²) in [5.41, 5.74) is 1.80. The van der Waals surface area contributed by atoms with Crippen molar-refractivity contribution in [2.75, 3.05) is 18.0 Å². The van der Waals surface area contributed by atoms with Gasteiger partial charge in [0.2, 0.25) is 0 Å². The van der Waals surface area contributed by atoms with Gasteiger partial charge in [-0.3, -0.25) is 4.79 Å². The van der Waals surface area contributed by atoms with Crippen molar-refractivity contribution < 1.29 is 9.90 Å². The number of aliphatic hydroxyl groups excluding tert-OH is 1. The minimum atomic E-state index is -0.170. The fourth-order valence-electron chi connectivity index (χ4n) is 3.04. The van der Waals surface area contributed by atoms with Crippen LogP contribution in [-0.4, -0.2) is 36.2 Å². The van der Waals surface area contributed by atoms with Crippen molar-refractivity contribution in [1.82, 2.24) is 5.32 Å².